The Morgan fingerprint density at radius 1 is 1.06 bits per heavy atom. The van der Waals surface area contributed by atoms with Gasteiger partial charge < -0.3 is 9.84 Å². The minimum Gasteiger partial charge on any atom is -0.504 e. The van der Waals surface area contributed by atoms with Gasteiger partial charge in [0.1, 0.15) is 0 Å². The maximum atomic E-state index is 9.65. The molecule has 1 aliphatic carbocycles. The van der Waals surface area contributed by atoms with Crippen molar-refractivity contribution in [3.63, 3.8) is 0 Å². The summed E-state index contributed by atoms with van der Waals surface area (Å²) in [5.41, 5.74) is 0. The fraction of sp³-hybridized carbons (Fsp3) is 0.571. The third-order valence-electron chi connectivity index (χ3n) is 3.29. The van der Waals surface area contributed by atoms with Gasteiger partial charge in [-0.1, -0.05) is 26.0 Å². The van der Waals surface area contributed by atoms with E-state index in [4.69, 9.17) is 4.74 Å². The predicted octanol–water partition coefficient (Wildman–Crippen LogP) is 3.60. The number of rotatable bonds is 2. The topological polar surface area (TPSA) is 29.5 Å². The Morgan fingerprint density at radius 3 is 2.31 bits per heavy atom. The Balaban J connectivity index is 2.02. The molecule has 2 atom stereocenters. The van der Waals surface area contributed by atoms with Crippen molar-refractivity contribution in [2.45, 2.75) is 39.2 Å². The van der Waals surface area contributed by atoms with Crippen LogP contribution in [-0.4, -0.2) is 11.2 Å². The molecule has 0 radical (unpaired) electrons. The van der Waals surface area contributed by atoms with Crippen LogP contribution in [0.15, 0.2) is 24.3 Å². The van der Waals surface area contributed by atoms with E-state index in [0.29, 0.717) is 5.75 Å². The van der Waals surface area contributed by atoms with Crippen LogP contribution < -0.4 is 4.74 Å². The molecule has 0 spiro atoms. The molecule has 2 nitrogen and oxygen atoms in total. The van der Waals surface area contributed by atoms with Crippen molar-refractivity contribution in [3.8, 4) is 11.5 Å². The van der Waals surface area contributed by atoms with Gasteiger partial charge in [-0.2, -0.15) is 0 Å². The number of phenols is 1. The van der Waals surface area contributed by atoms with Crippen molar-refractivity contribution in [2.24, 2.45) is 11.8 Å². The molecule has 2 heteroatoms. The van der Waals surface area contributed by atoms with Crippen molar-refractivity contribution in [2.75, 3.05) is 0 Å². The third-order valence-corrected chi connectivity index (χ3v) is 3.29. The summed E-state index contributed by atoms with van der Waals surface area (Å²) in [6.07, 6.45) is 3.74. The second-order valence-corrected chi connectivity index (χ2v) is 5.13. The molecule has 0 amide bonds. The molecule has 2 rings (SSSR count). The molecule has 0 aromatic heterocycles. The second-order valence-electron chi connectivity index (χ2n) is 5.13. The van der Waals surface area contributed by atoms with Crippen LogP contribution in [0.5, 0.6) is 11.5 Å². The van der Waals surface area contributed by atoms with E-state index in [1.807, 2.05) is 18.2 Å². The summed E-state index contributed by atoms with van der Waals surface area (Å²) in [7, 11) is 0. The first kappa shape index (κ1) is 11.3. The lowest BCUT2D eigenvalue weighted by atomic mass is 9.82. The summed E-state index contributed by atoms with van der Waals surface area (Å²) in [6, 6.07) is 7.21. The van der Waals surface area contributed by atoms with E-state index >= 15 is 0 Å². The summed E-state index contributed by atoms with van der Waals surface area (Å²) < 4.78 is 5.88. The van der Waals surface area contributed by atoms with E-state index in [1.165, 1.54) is 6.42 Å². The van der Waals surface area contributed by atoms with E-state index < -0.39 is 0 Å². The SMILES string of the molecule is CC1CC(C)CC(Oc2ccccc2O)C1. The zero-order valence-electron chi connectivity index (χ0n) is 10.0. The van der Waals surface area contributed by atoms with Crippen molar-refractivity contribution in [1.29, 1.82) is 0 Å². The van der Waals surface area contributed by atoms with E-state index in [9.17, 15) is 5.11 Å². The quantitative estimate of drug-likeness (QED) is 0.825. The summed E-state index contributed by atoms with van der Waals surface area (Å²) in [5.74, 6) is 2.31. The number of phenolic OH excluding ortho intramolecular Hbond substituents is 1. The number of ether oxygens (including phenoxy) is 1. The minimum absolute atomic E-state index is 0.244. The first-order valence-corrected chi connectivity index (χ1v) is 6.09. The molecule has 2 unspecified atom stereocenters. The van der Waals surface area contributed by atoms with Gasteiger partial charge in [0.05, 0.1) is 6.10 Å². The number of hydrogen-bond donors (Lipinski definition) is 1. The highest BCUT2D eigenvalue weighted by molar-refractivity contribution is 5.38. The van der Waals surface area contributed by atoms with Crippen LogP contribution in [0.25, 0.3) is 0 Å². The fourth-order valence-corrected chi connectivity index (χ4v) is 2.71. The average molecular weight is 220 g/mol. The van der Waals surface area contributed by atoms with E-state index in [0.717, 1.165) is 24.7 Å². The van der Waals surface area contributed by atoms with Crippen molar-refractivity contribution < 1.29 is 9.84 Å². The third kappa shape index (κ3) is 2.69. The number of para-hydroxylation sites is 2. The number of benzene rings is 1. The summed E-state index contributed by atoms with van der Waals surface area (Å²) in [5, 5.41) is 9.65. The van der Waals surface area contributed by atoms with E-state index in [1.54, 1.807) is 6.07 Å². The van der Waals surface area contributed by atoms with Crippen LogP contribution in [0.1, 0.15) is 33.1 Å². The molecule has 0 bridgehead atoms. The molecule has 1 saturated carbocycles. The van der Waals surface area contributed by atoms with Gasteiger partial charge in [0.15, 0.2) is 11.5 Å². The Morgan fingerprint density at radius 2 is 1.69 bits per heavy atom. The standard InChI is InChI=1S/C14H20O2/c1-10-7-11(2)9-12(8-10)16-14-6-4-3-5-13(14)15/h3-6,10-12,15H,7-9H2,1-2H3. The first-order valence-electron chi connectivity index (χ1n) is 6.09. The predicted molar refractivity (Wildman–Crippen MR) is 64.7 cm³/mol. The molecule has 16 heavy (non-hydrogen) atoms. The van der Waals surface area contributed by atoms with Gasteiger partial charge >= 0.3 is 0 Å². The summed E-state index contributed by atoms with van der Waals surface area (Å²) >= 11 is 0. The van der Waals surface area contributed by atoms with E-state index in [-0.39, 0.29) is 11.9 Å². The molecular formula is C14H20O2. The van der Waals surface area contributed by atoms with Gasteiger partial charge in [-0.05, 0) is 43.2 Å². The zero-order chi connectivity index (χ0) is 11.5. The highest BCUT2D eigenvalue weighted by Crippen LogP contribution is 2.33. The largest absolute Gasteiger partial charge is 0.504 e. The maximum Gasteiger partial charge on any atom is 0.161 e. The van der Waals surface area contributed by atoms with Gasteiger partial charge in [0.2, 0.25) is 0 Å². The highest BCUT2D eigenvalue weighted by Gasteiger charge is 2.25. The van der Waals surface area contributed by atoms with Gasteiger partial charge in [0, 0.05) is 0 Å². The lowest BCUT2D eigenvalue weighted by Gasteiger charge is -2.31. The molecule has 1 aromatic carbocycles. The number of hydrogen-bond acceptors (Lipinski definition) is 2. The Bertz CT molecular complexity index is 338. The summed E-state index contributed by atoms with van der Waals surface area (Å²) in [6.45, 7) is 4.55. The monoisotopic (exact) mass is 220 g/mol. The van der Waals surface area contributed by atoms with E-state index in [2.05, 4.69) is 13.8 Å². The molecular weight excluding hydrogens is 200 g/mol. The maximum absolute atomic E-state index is 9.65. The average Bonchev–Trinajstić information content (AvgIpc) is 2.20. The smallest absolute Gasteiger partial charge is 0.161 e. The van der Waals surface area contributed by atoms with Gasteiger partial charge in [0.25, 0.3) is 0 Å². The van der Waals surface area contributed by atoms with Gasteiger partial charge in [-0.15, -0.1) is 0 Å². The fourth-order valence-electron chi connectivity index (χ4n) is 2.71. The van der Waals surface area contributed by atoms with Crippen LogP contribution >= 0.6 is 0 Å². The molecule has 0 aliphatic heterocycles. The molecule has 0 heterocycles. The normalized spacial score (nSPS) is 30.0. The lowest BCUT2D eigenvalue weighted by Crippen LogP contribution is -2.28. The molecule has 1 aromatic rings. The van der Waals surface area contributed by atoms with Crippen LogP contribution in [0, 0.1) is 11.8 Å². The highest BCUT2D eigenvalue weighted by atomic mass is 16.5. The molecule has 88 valence electrons. The molecule has 1 fully saturated rings. The second kappa shape index (κ2) is 4.77. The van der Waals surface area contributed by atoms with Crippen molar-refractivity contribution >= 4 is 0 Å². The lowest BCUT2D eigenvalue weighted by molar-refractivity contribution is 0.0981. The van der Waals surface area contributed by atoms with Crippen LogP contribution in [0.3, 0.4) is 0 Å². The molecule has 1 aliphatic rings. The minimum atomic E-state index is 0.244. The van der Waals surface area contributed by atoms with Crippen LogP contribution in [0.4, 0.5) is 0 Å². The van der Waals surface area contributed by atoms with Crippen molar-refractivity contribution in [1.82, 2.24) is 0 Å². The Hall–Kier alpha value is -1.18. The first-order chi connectivity index (χ1) is 7.65. The zero-order valence-corrected chi connectivity index (χ0v) is 10.0. The Kier molecular flexibility index (Phi) is 3.37. The molecule has 0 saturated heterocycles. The van der Waals surface area contributed by atoms with Gasteiger partial charge in [-0.25, -0.2) is 0 Å². The van der Waals surface area contributed by atoms with Crippen LogP contribution in [0.2, 0.25) is 0 Å². The summed E-state index contributed by atoms with van der Waals surface area (Å²) in [4.78, 5) is 0. The van der Waals surface area contributed by atoms with Gasteiger partial charge in [-0.3, -0.25) is 0 Å². The Labute approximate surface area is 97.3 Å². The number of aromatic hydroxyl groups is 1. The van der Waals surface area contributed by atoms with Crippen LogP contribution in [-0.2, 0) is 0 Å². The molecule has 1 N–H and O–H groups in total. The van der Waals surface area contributed by atoms with Crippen molar-refractivity contribution in [3.05, 3.63) is 24.3 Å².